The number of benzene rings is 1. The van der Waals surface area contributed by atoms with Crippen LogP contribution in [0.2, 0.25) is 0 Å². The zero-order chi connectivity index (χ0) is 18.4. The lowest BCUT2D eigenvalue weighted by molar-refractivity contribution is -0.136. The number of hydrogen-bond donors (Lipinski definition) is 2. The van der Waals surface area contributed by atoms with Gasteiger partial charge in [-0.05, 0) is 23.8 Å². The monoisotopic (exact) mass is 351 g/mol. The van der Waals surface area contributed by atoms with Gasteiger partial charge in [-0.3, -0.25) is 14.6 Å². The number of amides is 1. The van der Waals surface area contributed by atoms with Gasteiger partial charge in [-0.15, -0.1) is 0 Å². The predicted octanol–water partition coefficient (Wildman–Crippen LogP) is 1.99. The number of aryl methyl sites for hydroxylation is 1. The van der Waals surface area contributed by atoms with E-state index in [0.29, 0.717) is 29.9 Å². The molecule has 0 aliphatic rings. The number of carboxylic acids is 1. The molecular formula is C18H17N5O3. The van der Waals surface area contributed by atoms with Crippen molar-refractivity contribution < 1.29 is 14.7 Å². The molecule has 132 valence electrons. The molecule has 0 aliphatic heterocycles. The third kappa shape index (κ3) is 4.50. The zero-order valence-corrected chi connectivity index (χ0v) is 13.9. The van der Waals surface area contributed by atoms with Crippen LogP contribution in [0.3, 0.4) is 0 Å². The van der Waals surface area contributed by atoms with Crippen LogP contribution >= 0.6 is 0 Å². The number of aliphatic carboxylic acids is 1. The molecule has 0 fully saturated rings. The van der Waals surface area contributed by atoms with Crippen molar-refractivity contribution in [2.24, 2.45) is 0 Å². The van der Waals surface area contributed by atoms with Crippen LogP contribution in [0.15, 0.2) is 55.2 Å². The minimum absolute atomic E-state index is 0.0222. The highest BCUT2D eigenvalue weighted by molar-refractivity contribution is 6.05. The van der Waals surface area contributed by atoms with E-state index < -0.39 is 5.97 Å². The fourth-order valence-electron chi connectivity index (χ4n) is 2.45. The Morgan fingerprint density at radius 1 is 1.15 bits per heavy atom. The molecule has 3 aromatic rings. The second-order valence-electron chi connectivity index (χ2n) is 5.64. The third-order valence-electron chi connectivity index (χ3n) is 3.74. The van der Waals surface area contributed by atoms with Crippen LogP contribution in [0.4, 0.5) is 5.69 Å². The van der Waals surface area contributed by atoms with Gasteiger partial charge in [0.25, 0.3) is 5.91 Å². The van der Waals surface area contributed by atoms with Crippen molar-refractivity contribution in [2.45, 2.75) is 19.4 Å². The Bertz CT molecular complexity index is 891. The van der Waals surface area contributed by atoms with Crippen molar-refractivity contribution >= 4 is 17.6 Å². The Kier molecular flexibility index (Phi) is 5.33. The van der Waals surface area contributed by atoms with Gasteiger partial charge in [-0.25, -0.2) is 9.67 Å². The number of nitrogens with zero attached hydrogens (tertiary/aromatic N) is 4. The quantitative estimate of drug-likeness (QED) is 0.673. The first-order valence-corrected chi connectivity index (χ1v) is 8.00. The molecule has 2 N–H and O–H groups in total. The van der Waals surface area contributed by atoms with E-state index in [4.69, 9.17) is 5.11 Å². The van der Waals surface area contributed by atoms with Gasteiger partial charge in [-0.2, -0.15) is 5.10 Å². The molecule has 1 amide bonds. The molecule has 0 bridgehead atoms. The van der Waals surface area contributed by atoms with E-state index in [9.17, 15) is 9.59 Å². The Morgan fingerprint density at radius 2 is 2.00 bits per heavy atom. The maximum absolute atomic E-state index is 12.6. The van der Waals surface area contributed by atoms with Gasteiger partial charge in [0, 0.05) is 17.7 Å². The Morgan fingerprint density at radius 3 is 2.69 bits per heavy atom. The predicted molar refractivity (Wildman–Crippen MR) is 93.7 cm³/mol. The first-order chi connectivity index (χ1) is 12.6. The number of nitrogens with one attached hydrogen (secondary N) is 1. The van der Waals surface area contributed by atoms with Crippen LogP contribution in [0.1, 0.15) is 28.0 Å². The summed E-state index contributed by atoms with van der Waals surface area (Å²) in [6.45, 7) is 0.440. The summed E-state index contributed by atoms with van der Waals surface area (Å²) in [7, 11) is 0. The van der Waals surface area contributed by atoms with Gasteiger partial charge in [0.2, 0.25) is 0 Å². The SMILES string of the molecule is O=C(O)CCc1ccc(NC(=O)c2ccccc2Cn2cncn2)cn1. The highest BCUT2D eigenvalue weighted by Gasteiger charge is 2.12. The van der Waals surface area contributed by atoms with Gasteiger partial charge >= 0.3 is 5.97 Å². The summed E-state index contributed by atoms with van der Waals surface area (Å²) in [6.07, 6.45) is 4.93. The van der Waals surface area contributed by atoms with E-state index in [2.05, 4.69) is 20.4 Å². The van der Waals surface area contributed by atoms with Crippen molar-refractivity contribution in [1.82, 2.24) is 19.7 Å². The minimum atomic E-state index is -0.867. The van der Waals surface area contributed by atoms with Crippen LogP contribution in [0.5, 0.6) is 0 Å². The molecule has 0 unspecified atom stereocenters. The van der Waals surface area contributed by atoms with Gasteiger partial charge in [0.15, 0.2) is 0 Å². The molecule has 0 radical (unpaired) electrons. The lowest BCUT2D eigenvalue weighted by atomic mass is 10.1. The maximum Gasteiger partial charge on any atom is 0.303 e. The van der Waals surface area contributed by atoms with Gasteiger partial charge in [0.05, 0.1) is 24.8 Å². The lowest BCUT2D eigenvalue weighted by Gasteiger charge is -2.10. The topological polar surface area (TPSA) is 110 Å². The van der Waals surface area contributed by atoms with Crippen LogP contribution in [0.25, 0.3) is 0 Å². The molecule has 1 aromatic carbocycles. The number of rotatable bonds is 7. The smallest absolute Gasteiger partial charge is 0.303 e. The highest BCUT2D eigenvalue weighted by Crippen LogP contribution is 2.14. The summed E-state index contributed by atoms with van der Waals surface area (Å²) < 4.78 is 1.64. The number of carboxylic acid groups (broad SMARTS) is 1. The van der Waals surface area contributed by atoms with E-state index in [0.717, 1.165) is 5.56 Å². The lowest BCUT2D eigenvalue weighted by Crippen LogP contribution is -2.16. The molecular weight excluding hydrogens is 334 g/mol. The Hall–Kier alpha value is -3.55. The summed E-state index contributed by atoms with van der Waals surface area (Å²) in [5.74, 6) is -1.12. The zero-order valence-electron chi connectivity index (χ0n) is 13.9. The standard InChI is InChI=1S/C18H17N5O3/c24-17(25)8-7-14-5-6-15(9-20-14)22-18(26)16-4-2-1-3-13(16)10-23-12-19-11-21-23/h1-6,9,11-12H,7-8,10H2,(H,22,26)(H,24,25). The van der Waals surface area contributed by atoms with Crippen molar-refractivity contribution in [1.29, 1.82) is 0 Å². The number of hydrogen-bond acceptors (Lipinski definition) is 5. The summed E-state index contributed by atoms with van der Waals surface area (Å²) in [4.78, 5) is 31.3. The number of aromatic nitrogens is 4. The largest absolute Gasteiger partial charge is 0.481 e. The van der Waals surface area contributed by atoms with Crippen LogP contribution in [-0.2, 0) is 17.8 Å². The van der Waals surface area contributed by atoms with Gasteiger partial charge < -0.3 is 10.4 Å². The average molecular weight is 351 g/mol. The van der Waals surface area contributed by atoms with Gasteiger partial charge in [0.1, 0.15) is 12.7 Å². The van der Waals surface area contributed by atoms with Crippen LogP contribution < -0.4 is 5.32 Å². The van der Waals surface area contributed by atoms with Gasteiger partial charge in [-0.1, -0.05) is 18.2 Å². The van der Waals surface area contributed by atoms with Crippen molar-refractivity contribution in [3.63, 3.8) is 0 Å². The van der Waals surface area contributed by atoms with Crippen molar-refractivity contribution in [2.75, 3.05) is 5.32 Å². The van der Waals surface area contributed by atoms with E-state index in [-0.39, 0.29) is 12.3 Å². The third-order valence-corrected chi connectivity index (χ3v) is 3.74. The number of carbonyl (C=O) groups is 2. The average Bonchev–Trinajstić information content (AvgIpc) is 3.14. The molecule has 8 nitrogen and oxygen atoms in total. The number of carbonyl (C=O) groups excluding carboxylic acids is 1. The van der Waals surface area contributed by atoms with E-state index in [1.54, 1.807) is 35.3 Å². The maximum atomic E-state index is 12.6. The molecule has 2 aromatic heterocycles. The highest BCUT2D eigenvalue weighted by atomic mass is 16.4. The molecule has 26 heavy (non-hydrogen) atoms. The van der Waals surface area contributed by atoms with Crippen LogP contribution in [-0.4, -0.2) is 36.7 Å². The first-order valence-electron chi connectivity index (χ1n) is 8.00. The molecule has 0 aliphatic carbocycles. The normalized spacial score (nSPS) is 10.5. The second-order valence-corrected chi connectivity index (χ2v) is 5.64. The summed E-state index contributed by atoms with van der Waals surface area (Å²) in [5, 5.41) is 15.6. The molecule has 0 saturated heterocycles. The molecule has 2 heterocycles. The van der Waals surface area contributed by atoms with Crippen molar-refractivity contribution in [3.05, 3.63) is 72.1 Å². The molecule has 3 rings (SSSR count). The Balaban J connectivity index is 1.69. The molecule has 0 saturated carbocycles. The molecule has 0 spiro atoms. The first kappa shape index (κ1) is 17.3. The minimum Gasteiger partial charge on any atom is -0.481 e. The van der Waals surface area contributed by atoms with Crippen LogP contribution in [0, 0.1) is 0 Å². The molecule has 8 heteroatoms. The van der Waals surface area contributed by atoms with Crippen molar-refractivity contribution in [3.8, 4) is 0 Å². The number of anilines is 1. The van der Waals surface area contributed by atoms with E-state index in [1.165, 1.54) is 12.5 Å². The van der Waals surface area contributed by atoms with E-state index in [1.807, 2.05) is 12.1 Å². The number of pyridine rings is 1. The summed E-state index contributed by atoms with van der Waals surface area (Å²) in [5.41, 5.74) is 2.57. The fourth-order valence-corrected chi connectivity index (χ4v) is 2.45. The van der Waals surface area contributed by atoms with E-state index >= 15 is 0 Å². The molecule has 0 atom stereocenters. The second kappa shape index (κ2) is 8.02. The summed E-state index contributed by atoms with van der Waals surface area (Å²) >= 11 is 0. The Labute approximate surface area is 149 Å². The fraction of sp³-hybridized carbons (Fsp3) is 0.167. The summed E-state index contributed by atoms with van der Waals surface area (Å²) in [6, 6.07) is 10.7.